The summed E-state index contributed by atoms with van der Waals surface area (Å²) in [6, 6.07) is 17.0. The summed E-state index contributed by atoms with van der Waals surface area (Å²) in [6.45, 7) is 1.89. The van der Waals surface area contributed by atoms with Gasteiger partial charge in [0.2, 0.25) is 11.8 Å². The van der Waals surface area contributed by atoms with Gasteiger partial charge in [0.15, 0.2) is 0 Å². The molecule has 1 atom stereocenters. The number of hydrogen-bond acceptors (Lipinski definition) is 5. The van der Waals surface area contributed by atoms with Gasteiger partial charge in [0, 0.05) is 5.02 Å². The number of methoxy groups -OCH3 is 1. The summed E-state index contributed by atoms with van der Waals surface area (Å²) in [6.07, 6.45) is 0. The highest BCUT2D eigenvalue weighted by Gasteiger charge is 2.36. The summed E-state index contributed by atoms with van der Waals surface area (Å²) in [4.78, 5) is 0. The summed E-state index contributed by atoms with van der Waals surface area (Å²) >= 11 is 6.04. The molecule has 6 nitrogen and oxygen atoms in total. The van der Waals surface area contributed by atoms with Gasteiger partial charge in [-0.25, -0.2) is 4.68 Å². The van der Waals surface area contributed by atoms with E-state index in [9.17, 15) is 5.26 Å². The molecule has 0 fully saturated rings. The Morgan fingerprint density at radius 1 is 1.18 bits per heavy atom. The predicted octanol–water partition coefficient (Wildman–Crippen LogP) is 4.06. The first-order valence-corrected chi connectivity index (χ1v) is 8.98. The van der Waals surface area contributed by atoms with Crippen LogP contribution in [0.25, 0.3) is 5.69 Å². The first-order chi connectivity index (χ1) is 13.5. The number of aromatic nitrogens is 2. The zero-order valence-corrected chi connectivity index (χ0v) is 16.1. The number of hydrogen-bond donors (Lipinski definition) is 1. The van der Waals surface area contributed by atoms with Crippen molar-refractivity contribution < 1.29 is 9.47 Å². The Morgan fingerprint density at radius 3 is 2.46 bits per heavy atom. The first-order valence-electron chi connectivity index (χ1n) is 8.60. The van der Waals surface area contributed by atoms with Crippen LogP contribution in [0.15, 0.2) is 60.0 Å². The average Bonchev–Trinajstić information content (AvgIpc) is 3.03. The maximum absolute atomic E-state index is 9.71. The molecule has 1 aliphatic heterocycles. The molecule has 2 heterocycles. The van der Waals surface area contributed by atoms with Crippen LogP contribution in [0.1, 0.15) is 22.7 Å². The minimum atomic E-state index is -0.377. The number of ether oxygens (including phenoxy) is 2. The van der Waals surface area contributed by atoms with Crippen molar-refractivity contribution in [3.05, 3.63) is 81.8 Å². The molecular weight excluding hydrogens is 376 g/mol. The summed E-state index contributed by atoms with van der Waals surface area (Å²) in [5.74, 6) is 0.939. The third-order valence-corrected chi connectivity index (χ3v) is 5.00. The average molecular weight is 393 g/mol. The van der Waals surface area contributed by atoms with Gasteiger partial charge in [-0.15, -0.1) is 0 Å². The fourth-order valence-corrected chi connectivity index (χ4v) is 3.53. The highest BCUT2D eigenvalue weighted by atomic mass is 35.5. The Kier molecular flexibility index (Phi) is 4.46. The van der Waals surface area contributed by atoms with Crippen LogP contribution in [0.3, 0.4) is 0 Å². The smallest absolute Gasteiger partial charge is 0.229 e. The van der Waals surface area contributed by atoms with Crippen LogP contribution in [-0.2, 0) is 0 Å². The van der Waals surface area contributed by atoms with E-state index in [1.54, 1.807) is 23.9 Å². The van der Waals surface area contributed by atoms with Crippen LogP contribution in [-0.4, -0.2) is 16.9 Å². The lowest BCUT2D eigenvalue weighted by Crippen LogP contribution is -2.22. The third-order valence-electron chi connectivity index (χ3n) is 4.75. The summed E-state index contributed by atoms with van der Waals surface area (Å²) in [7, 11) is 1.61. The van der Waals surface area contributed by atoms with E-state index in [1.165, 1.54) is 0 Å². The molecule has 7 heteroatoms. The summed E-state index contributed by atoms with van der Waals surface area (Å²) in [5, 5.41) is 15.0. The fourth-order valence-electron chi connectivity index (χ4n) is 3.40. The van der Waals surface area contributed by atoms with Gasteiger partial charge < -0.3 is 15.2 Å². The van der Waals surface area contributed by atoms with Crippen LogP contribution in [0.4, 0.5) is 0 Å². The third kappa shape index (κ3) is 2.86. The molecule has 0 radical (unpaired) electrons. The molecule has 0 aliphatic carbocycles. The molecule has 1 aromatic heterocycles. The van der Waals surface area contributed by atoms with Crippen molar-refractivity contribution in [3.8, 4) is 23.4 Å². The van der Waals surface area contributed by atoms with Crippen LogP contribution in [0, 0.1) is 18.3 Å². The second kappa shape index (κ2) is 6.95. The van der Waals surface area contributed by atoms with E-state index in [0.29, 0.717) is 16.5 Å². The van der Waals surface area contributed by atoms with Gasteiger partial charge in [0.1, 0.15) is 17.4 Å². The maximum Gasteiger partial charge on any atom is 0.229 e. The quantitative estimate of drug-likeness (QED) is 0.726. The number of nitrogens with zero attached hydrogens (tertiary/aromatic N) is 3. The van der Waals surface area contributed by atoms with E-state index in [-0.39, 0.29) is 11.8 Å². The molecule has 0 spiro atoms. The molecule has 1 unspecified atom stereocenters. The minimum Gasteiger partial charge on any atom is -0.497 e. The van der Waals surface area contributed by atoms with E-state index in [2.05, 4.69) is 11.2 Å². The van der Waals surface area contributed by atoms with Crippen LogP contribution in [0.2, 0.25) is 5.02 Å². The number of fused-ring (bicyclic) bond motifs is 1. The van der Waals surface area contributed by atoms with Gasteiger partial charge in [0.05, 0.1) is 30.0 Å². The van der Waals surface area contributed by atoms with E-state index >= 15 is 0 Å². The number of rotatable bonds is 3. The fraction of sp³-hybridized carbons (Fsp3) is 0.143. The normalized spacial score (nSPS) is 15.6. The van der Waals surface area contributed by atoms with E-state index < -0.39 is 0 Å². The standard InChI is InChI=1S/C21H17ClN4O2/c1-12-18-19(13-3-5-14(22)6-4-13)17(11-23)20(24)28-21(18)26(25-12)15-7-9-16(27-2)10-8-15/h3-10,19H,24H2,1-2H3. The van der Waals surface area contributed by atoms with Crippen LogP contribution < -0.4 is 15.2 Å². The number of allylic oxidation sites excluding steroid dienone is 1. The van der Waals surface area contributed by atoms with Crippen molar-refractivity contribution in [2.75, 3.05) is 7.11 Å². The largest absolute Gasteiger partial charge is 0.497 e. The zero-order chi connectivity index (χ0) is 19.8. The van der Waals surface area contributed by atoms with E-state index in [4.69, 9.17) is 26.8 Å². The van der Waals surface area contributed by atoms with Gasteiger partial charge in [-0.1, -0.05) is 23.7 Å². The lowest BCUT2D eigenvalue weighted by molar-refractivity contribution is 0.367. The van der Waals surface area contributed by atoms with Gasteiger partial charge in [-0.05, 0) is 48.9 Å². The highest BCUT2D eigenvalue weighted by Crippen LogP contribution is 2.44. The SMILES string of the molecule is COc1ccc(-n2nc(C)c3c2OC(N)=C(C#N)C3c2ccc(Cl)cc2)cc1. The van der Waals surface area contributed by atoms with Crippen molar-refractivity contribution in [2.45, 2.75) is 12.8 Å². The Balaban J connectivity index is 1.90. The topological polar surface area (TPSA) is 86.1 Å². The Hall–Kier alpha value is -3.43. The molecule has 0 amide bonds. The van der Waals surface area contributed by atoms with Crippen molar-refractivity contribution in [1.29, 1.82) is 5.26 Å². The van der Waals surface area contributed by atoms with E-state index in [0.717, 1.165) is 28.3 Å². The minimum absolute atomic E-state index is 0.0737. The first kappa shape index (κ1) is 18.0. The van der Waals surface area contributed by atoms with Gasteiger partial charge in [0.25, 0.3) is 0 Å². The predicted molar refractivity (Wildman–Crippen MR) is 106 cm³/mol. The van der Waals surface area contributed by atoms with Crippen molar-refractivity contribution >= 4 is 11.6 Å². The van der Waals surface area contributed by atoms with Gasteiger partial charge >= 0.3 is 0 Å². The van der Waals surface area contributed by atoms with Crippen LogP contribution >= 0.6 is 11.6 Å². The number of benzene rings is 2. The molecule has 0 bridgehead atoms. The van der Waals surface area contributed by atoms with E-state index in [1.807, 2.05) is 43.3 Å². The Morgan fingerprint density at radius 2 is 1.86 bits per heavy atom. The molecule has 1 aliphatic rings. The van der Waals surface area contributed by atoms with Crippen molar-refractivity contribution in [3.63, 3.8) is 0 Å². The molecule has 140 valence electrons. The molecular formula is C21H17ClN4O2. The molecule has 0 saturated heterocycles. The van der Waals surface area contributed by atoms with Gasteiger partial charge in [-0.2, -0.15) is 10.4 Å². The van der Waals surface area contributed by atoms with Gasteiger partial charge in [-0.3, -0.25) is 0 Å². The van der Waals surface area contributed by atoms with Crippen molar-refractivity contribution in [2.24, 2.45) is 5.73 Å². The maximum atomic E-state index is 9.71. The van der Waals surface area contributed by atoms with Crippen molar-refractivity contribution in [1.82, 2.24) is 9.78 Å². The lowest BCUT2D eigenvalue weighted by Gasteiger charge is -2.25. The molecule has 2 N–H and O–H groups in total. The number of nitrogens with two attached hydrogens (primary N) is 1. The molecule has 3 aromatic rings. The molecule has 2 aromatic carbocycles. The Labute approximate surface area is 167 Å². The molecule has 4 rings (SSSR count). The second-order valence-corrected chi connectivity index (χ2v) is 6.83. The second-order valence-electron chi connectivity index (χ2n) is 6.39. The summed E-state index contributed by atoms with van der Waals surface area (Å²) in [5.41, 5.74) is 9.72. The monoisotopic (exact) mass is 392 g/mol. The molecule has 28 heavy (non-hydrogen) atoms. The lowest BCUT2D eigenvalue weighted by atomic mass is 9.84. The molecule has 0 saturated carbocycles. The number of halogens is 1. The number of nitriles is 1. The zero-order valence-electron chi connectivity index (χ0n) is 15.3. The number of aryl methyl sites for hydroxylation is 1. The highest BCUT2D eigenvalue weighted by molar-refractivity contribution is 6.30. The Bertz CT molecular complexity index is 1110. The van der Waals surface area contributed by atoms with Crippen LogP contribution in [0.5, 0.6) is 11.6 Å². The summed E-state index contributed by atoms with van der Waals surface area (Å²) < 4.78 is 12.8.